The Hall–Kier alpha value is -1.29. The minimum Gasteiger partial charge on any atom is -0.469 e. The van der Waals surface area contributed by atoms with Crippen molar-refractivity contribution < 1.29 is 9.21 Å². The Morgan fingerprint density at radius 2 is 2.36 bits per heavy atom. The SMILES string of the molecule is CC(C)(Cc1ccco1)NC(=O)CN. The Bertz CT molecular complexity index is 291. The highest BCUT2D eigenvalue weighted by atomic mass is 16.3. The predicted molar refractivity (Wildman–Crippen MR) is 53.7 cm³/mol. The quantitative estimate of drug-likeness (QED) is 0.744. The van der Waals surface area contributed by atoms with E-state index in [-0.39, 0.29) is 18.0 Å². The molecule has 14 heavy (non-hydrogen) atoms. The molecule has 1 heterocycles. The zero-order valence-electron chi connectivity index (χ0n) is 8.54. The van der Waals surface area contributed by atoms with Crippen LogP contribution in [-0.2, 0) is 11.2 Å². The Morgan fingerprint density at radius 3 is 2.86 bits per heavy atom. The third-order valence-corrected chi connectivity index (χ3v) is 1.86. The fourth-order valence-corrected chi connectivity index (χ4v) is 1.32. The summed E-state index contributed by atoms with van der Waals surface area (Å²) >= 11 is 0. The topological polar surface area (TPSA) is 68.3 Å². The number of hydrogen-bond donors (Lipinski definition) is 2. The van der Waals surface area contributed by atoms with Crippen molar-refractivity contribution in [2.45, 2.75) is 25.8 Å². The number of rotatable bonds is 4. The summed E-state index contributed by atoms with van der Waals surface area (Å²) in [5.74, 6) is 0.703. The van der Waals surface area contributed by atoms with Gasteiger partial charge in [0.15, 0.2) is 0 Å². The molecule has 0 fully saturated rings. The number of nitrogens with two attached hydrogens (primary N) is 1. The lowest BCUT2D eigenvalue weighted by molar-refractivity contribution is -0.121. The maximum atomic E-state index is 11.1. The predicted octanol–water partition coefficient (Wildman–Crippen LogP) is 0.676. The van der Waals surface area contributed by atoms with E-state index in [1.54, 1.807) is 6.26 Å². The van der Waals surface area contributed by atoms with Crippen LogP contribution in [0.2, 0.25) is 0 Å². The first kappa shape index (κ1) is 10.8. The average Bonchev–Trinajstić information content (AvgIpc) is 2.54. The molecular weight excluding hydrogens is 180 g/mol. The van der Waals surface area contributed by atoms with Crippen molar-refractivity contribution in [2.75, 3.05) is 6.54 Å². The molecule has 4 nitrogen and oxygen atoms in total. The van der Waals surface area contributed by atoms with Crippen LogP contribution in [0.25, 0.3) is 0 Å². The fraction of sp³-hybridized carbons (Fsp3) is 0.500. The molecule has 0 aliphatic heterocycles. The van der Waals surface area contributed by atoms with Gasteiger partial charge in [-0.05, 0) is 26.0 Å². The van der Waals surface area contributed by atoms with E-state index in [0.29, 0.717) is 6.42 Å². The minimum absolute atomic E-state index is 0.0155. The second kappa shape index (κ2) is 4.28. The normalized spacial score (nSPS) is 11.4. The van der Waals surface area contributed by atoms with Crippen molar-refractivity contribution in [3.8, 4) is 0 Å². The Balaban J connectivity index is 2.53. The number of nitrogens with one attached hydrogen (secondary N) is 1. The zero-order valence-corrected chi connectivity index (χ0v) is 8.54. The lowest BCUT2D eigenvalue weighted by Gasteiger charge is -2.24. The monoisotopic (exact) mass is 196 g/mol. The van der Waals surface area contributed by atoms with Crippen LogP contribution in [0.3, 0.4) is 0 Å². The van der Waals surface area contributed by atoms with Gasteiger partial charge in [0.1, 0.15) is 5.76 Å². The summed E-state index contributed by atoms with van der Waals surface area (Å²) < 4.78 is 5.20. The van der Waals surface area contributed by atoms with Gasteiger partial charge in [-0.2, -0.15) is 0 Å². The fourth-order valence-electron chi connectivity index (χ4n) is 1.32. The van der Waals surface area contributed by atoms with Crippen molar-refractivity contribution in [2.24, 2.45) is 5.73 Å². The van der Waals surface area contributed by atoms with Crippen LogP contribution in [-0.4, -0.2) is 18.0 Å². The zero-order chi connectivity index (χ0) is 10.6. The van der Waals surface area contributed by atoms with Crippen molar-refractivity contribution in [1.29, 1.82) is 0 Å². The molecule has 0 saturated carbocycles. The van der Waals surface area contributed by atoms with Gasteiger partial charge in [0.05, 0.1) is 12.8 Å². The van der Waals surface area contributed by atoms with Gasteiger partial charge in [0.2, 0.25) is 5.91 Å². The average molecular weight is 196 g/mol. The highest BCUT2D eigenvalue weighted by molar-refractivity contribution is 5.78. The third-order valence-electron chi connectivity index (χ3n) is 1.86. The molecule has 0 aromatic carbocycles. The number of furan rings is 1. The van der Waals surface area contributed by atoms with Gasteiger partial charge in [-0.15, -0.1) is 0 Å². The van der Waals surface area contributed by atoms with Gasteiger partial charge in [-0.25, -0.2) is 0 Å². The van der Waals surface area contributed by atoms with Gasteiger partial charge in [-0.3, -0.25) is 4.79 Å². The molecule has 0 aliphatic rings. The number of carbonyl (C=O) groups is 1. The van der Waals surface area contributed by atoms with E-state index < -0.39 is 0 Å². The summed E-state index contributed by atoms with van der Waals surface area (Å²) in [4.78, 5) is 11.1. The summed E-state index contributed by atoms with van der Waals surface area (Å²) in [6.45, 7) is 3.88. The molecule has 0 aliphatic carbocycles. The van der Waals surface area contributed by atoms with E-state index >= 15 is 0 Å². The molecule has 0 saturated heterocycles. The summed E-state index contributed by atoms with van der Waals surface area (Å²) in [6, 6.07) is 3.71. The smallest absolute Gasteiger partial charge is 0.234 e. The van der Waals surface area contributed by atoms with E-state index in [4.69, 9.17) is 10.2 Å². The first-order valence-electron chi connectivity index (χ1n) is 4.57. The van der Waals surface area contributed by atoms with Gasteiger partial charge in [0.25, 0.3) is 0 Å². The molecule has 0 atom stereocenters. The Kier molecular flexibility index (Phi) is 3.30. The molecular formula is C10H16N2O2. The molecule has 0 spiro atoms. The van der Waals surface area contributed by atoms with E-state index in [0.717, 1.165) is 5.76 Å². The molecule has 1 aromatic heterocycles. The number of hydrogen-bond acceptors (Lipinski definition) is 3. The van der Waals surface area contributed by atoms with Gasteiger partial charge in [-0.1, -0.05) is 0 Å². The first-order valence-corrected chi connectivity index (χ1v) is 4.57. The molecule has 3 N–H and O–H groups in total. The van der Waals surface area contributed by atoms with Crippen LogP contribution in [0.4, 0.5) is 0 Å². The molecule has 1 rings (SSSR count). The molecule has 78 valence electrons. The Labute approximate surface area is 83.5 Å². The van der Waals surface area contributed by atoms with Crippen LogP contribution >= 0.6 is 0 Å². The summed E-state index contributed by atoms with van der Waals surface area (Å²) in [7, 11) is 0. The summed E-state index contributed by atoms with van der Waals surface area (Å²) in [6.07, 6.45) is 2.28. The van der Waals surface area contributed by atoms with Crippen molar-refractivity contribution in [1.82, 2.24) is 5.32 Å². The minimum atomic E-state index is -0.325. The van der Waals surface area contributed by atoms with Gasteiger partial charge in [0, 0.05) is 12.0 Å². The van der Waals surface area contributed by atoms with Crippen LogP contribution in [0, 0.1) is 0 Å². The third kappa shape index (κ3) is 3.22. The second-order valence-corrected chi connectivity index (χ2v) is 3.89. The maximum absolute atomic E-state index is 11.1. The largest absolute Gasteiger partial charge is 0.469 e. The molecule has 1 amide bonds. The molecule has 1 aromatic rings. The maximum Gasteiger partial charge on any atom is 0.234 e. The standard InChI is InChI=1S/C10H16N2O2/c1-10(2,12-9(13)7-11)6-8-4-3-5-14-8/h3-5H,6-7,11H2,1-2H3,(H,12,13). The second-order valence-electron chi connectivity index (χ2n) is 3.89. The molecule has 4 heteroatoms. The number of carbonyl (C=O) groups excluding carboxylic acids is 1. The first-order chi connectivity index (χ1) is 6.53. The Morgan fingerprint density at radius 1 is 1.64 bits per heavy atom. The molecule has 0 unspecified atom stereocenters. The summed E-state index contributed by atoms with van der Waals surface area (Å²) in [5.41, 5.74) is 4.89. The van der Waals surface area contributed by atoms with Crippen LogP contribution in [0.5, 0.6) is 0 Å². The highest BCUT2D eigenvalue weighted by Crippen LogP contribution is 2.12. The lowest BCUT2D eigenvalue weighted by Crippen LogP contribution is -2.47. The van der Waals surface area contributed by atoms with Gasteiger partial charge >= 0.3 is 0 Å². The molecule has 0 radical (unpaired) electrons. The van der Waals surface area contributed by atoms with Crippen LogP contribution in [0.1, 0.15) is 19.6 Å². The van der Waals surface area contributed by atoms with Crippen molar-refractivity contribution in [3.05, 3.63) is 24.2 Å². The van der Waals surface area contributed by atoms with E-state index in [1.165, 1.54) is 0 Å². The van der Waals surface area contributed by atoms with Crippen molar-refractivity contribution in [3.63, 3.8) is 0 Å². The van der Waals surface area contributed by atoms with Crippen LogP contribution in [0.15, 0.2) is 22.8 Å². The number of amides is 1. The molecule has 0 bridgehead atoms. The lowest BCUT2D eigenvalue weighted by atomic mass is 9.99. The van der Waals surface area contributed by atoms with Gasteiger partial charge < -0.3 is 15.5 Å². The van der Waals surface area contributed by atoms with E-state index in [2.05, 4.69) is 5.32 Å². The van der Waals surface area contributed by atoms with Crippen LogP contribution < -0.4 is 11.1 Å². The summed E-state index contributed by atoms with van der Waals surface area (Å²) in [5, 5.41) is 2.82. The highest BCUT2D eigenvalue weighted by Gasteiger charge is 2.21. The van der Waals surface area contributed by atoms with E-state index in [1.807, 2.05) is 26.0 Å². The van der Waals surface area contributed by atoms with E-state index in [9.17, 15) is 4.79 Å². The van der Waals surface area contributed by atoms with Crippen molar-refractivity contribution >= 4 is 5.91 Å².